The molecule has 3 nitrogen and oxygen atoms in total. The topological polar surface area (TPSA) is 41.6 Å². The van der Waals surface area contributed by atoms with E-state index >= 15 is 0 Å². The molecule has 2 aromatic rings. The summed E-state index contributed by atoms with van der Waals surface area (Å²) in [6.07, 6.45) is 0. The molecule has 1 aromatic heterocycles. The van der Waals surface area contributed by atoms with Crippen LogP contribution >= 0.6 is 15.9 Å². The Morgan fingerprint density at radius 1 is 1.38 bits per heavy atom. The molecule has 0 unspecified atom stereocenters. The van der Waals surface area contributed by atoms with E-state index < -0.39 is 0 Å². The molecule has 0 bridgehead atoms. The third-order valence-electron chi connectivity index (χ3n) is 1.73. The largest absolute Gasteiger partial charge is 0.253 e. The van der Waals surface area contributed by atoms with Crippen molar-refractivity contribution in [1.29, 1.82) is 0 Å². The summed E-state index contributed by atoms with van der Waals surface area (Å²) >= 11 is 3.22. The maximum Gasteiger partial charge on any atom is 0.193 e. The number of nitrogens with zero attached hydrogens (tertiary/aromatic N) is 2. The number of H-pyrrole nitrogens is 1. The molecule has 13 heavy (non-hydrogen) atoms. The molecular formula is C9H8BrN3. The van der Waals surface area contributed by atoms with Gasteiger partial charge in [0.05, 0.1) is 0 Å². The summed E-state index contributed by atoms with van der Waals surface area (Å²) in [4.78, 5) is 4.17. The van der Waals surface area contributed by atoms with Crippen LogP contribution in [0, 0.1) is 6.92 Å². The number of aryl methyl sites for hydroxylation is 1. The van der Waals surface area contributed by atoms with Crippen LogP contribution in [0.3, 0.4) is 0 Å². The van der Waals surface area contributed by atoms with E-state index in [1.54, 1.807) is 0 Å². The Labute approximate surface area is 84.3 Å². The van der Waals surface area contributed by atoms with Crippen LogP contribution in [0.5, 0.6) is 0 Å². The van der Waals surface area contributed by atoms with Gasteiger partial charge in [-0.3, -0.25) is 5.10 Å². The van der Waals surface area contributed by atoms with E-state index in [0.717, 1.165) is 11.4 Å². The van der Waals surface area contributed by atoms with Crippen LogP contribution in [0.1, 0.15) is 5.56 Å². The first-order valence-corrected chi connectivity index (χ1v) is 4.70. The van der Waals surface area contributed by atoms with Gasteiger partial charge in [0.2, 0.25) is 0 Å². The Hall–Kier alpha value is -1.16. The molecular weight excluding hydrogens is 230 g/mol. The van der Waals surface area contributed by atoms with Crippen LogP contribution in [0.4, 0.5) is 0 Å². The quantitative estimate of drug-likeness (QED) is 0.829. The molecule has 66 valence electrons. The van der Waals surface area contributed by atoms with E-state index in [-0.39, 0.29) is 0 Å². The molecule has 1 aromatic carbocycles. The number of halogens is 1. The number of aromatic amines is 1. The second-order valence-electron chi connectivity index (χ2n) is 2.82. The van der Waals surface area contributed by atoms with Gasteiger partial charge in [0.25, 0.3) is 0 Å². The average molecular weight is 238 g/mol. The molecule has 0 saturated heterocycles. The van der Waals surface area contributed by atoms with Gasteiger partial charge in [0.15, 0.2) is 10.6 Å². The number of nitrogens with one attached hydrogen (secondary N) is 1. The van der Waals surface area contributed by atoms with Gasteiger partial charge in [-0.15, -0.1) is 0 Å². The maximum atomic E-state index is 4.17. The summed E-state index contributed by atoms with van der Waals surface area (Å²) in [6, 6.07) is 8.08. The van der Waals surface area contributed by atoms with Gasteiger partial charge < -0.3 is 0 Å². The van der Waals surface area contributed by atoms with E-state index in [2.05, 4.69) is 37.2 Å². The maximum absolute atomic E-state index is 4.17. The highest BCUT2D eigenvalue weighted by molar-refractivity contribution is 9.10. The number of hydrogen-bond acceptors (Lipinski definition) is 2. The van der Waals surface area contributed by atoms with Crippen molar-refractivity contribution in [1.82, 2.24) is 15.2 Å². The molecule has 0 aliphatic rings. The molecule has 0 radical (unpaired) electrons. The second-order valence-corrected chi connectivity index (χ2v) is 3.57. The lowest BCUT2D eigenvalue weighted by molar-refractivity contribution is 1.07. The lowest BCUT2D eigenvalue weighted by Crippen LogP contribution is -1.81. The van der Waals surface area contributed by atoms with E-state index in [9.17, 15) is 0 Å². The van der Waals surface area contributed by atoms with Crippen molar-refractivity contribution >= 4 is 15.9 Å². The first-order chi connectivity index (χ1) is 6.25. The minimum absolute atomic E-state index is 0.656. The van der Waals surface area contributed by atoms with Gasteiger partial charge in [-0.25, -0.2) is 4.98 Å². The van der Waals surface area contributed by atoms with Gasteiger partial charge in [-0.05, 0) is 28.9 Å². The van der Waals surface area contributed by atoms with E-state index in [0.29, 0.717) is 4.73 Å². The summed E-state index contributed by atoms with van der Waals surface area (Å²) in [5.74, 6) is 0.718. The Morgan fingerprint density at radius 3 is 2.85 bits per heavy atom. The van der Waals surface area contributed by atoms with Gasteiger partial charge in [0.1, 0.15) is 0 Å². The smallest absolute Gasteiger partial charge is 0.193 e. The Bertz CT molecular complexity index is 422. The van der Waals surface area contributed by atoms with Crippen LogP contribution in [0.2, 0.25) is 0 Å². The SMILES string of the molecule is Cc1cccc(-c2n[nH]c(Br)n2)c1. The molecule has 0 atom stereocenters. The Morgan fingerprint density at radius 2 is 2.23 bits per heavy atom. The number of rotatable bonds is 1. The number of hydrogen-bond donors (Lipinski definition) is 1. The zero-order valence-electron chi connectivity index (χ0n) is 7.08. The zero-order chi connectivity index (χ0) is 9.26. The molecule has 1 heterocycles. The van der Waals surface area contributed by atoms with Crippen molar-refractivity contribution in [2.75, 3.05) is 0 Å². The molecule has 0 amide bonds. The normalized spacial score (nSPS) is 10.3. The number of aromatic nitrogens is 3. The first kappa shape index (κ1) is 8.44. The fourth-order valence-corrected chi connectivity index (χ4v) is 1.41. The monoisotopic (exact) mass is 237 g/mol. The summed E-state index contributed by atoms with van der Waals surface area (Å²) in [5.41, 5.74) is 2.24. The molecule has 0 saturated carbocycles. The third kappa shape index (κ3) is 1.78. The van der Waals surface area contributed by atoms with Crippen molar-refractivity contribution in [3.63, 3.8) is 0 Å². The summed E-state index contributed by atoms with van der Waals surface area (Å²) in [7, 11) is 0. The molecule has 1 N–H and O–H groups in total. The fourth-order valence-electron chi connectivity index (χ4n) is 1.16. The Balaban J connectivity index is 2.46. The summed E-state index contributed by atoms with van der Waals surface area (Å²) in [6.45, 7) is 2.05. The standard InChI is InChI=1S/C9H8BrN3/c1-6-3-2-4-7(5-6)8-11-9(10)13-12-8/h2-5H,1H3,(H,11,12,13). The molecule has 4 heteroatoms. The van der Waals surface area contributed by atoms with E-state index in [1.807, 2.05) is 25.1 Å². The predicted octanol–water partition coefficient (Wildman–Crippen LogP) is 2.54. The Kier molecular flexibility index (Phi) is 2.14. The third-order valence-corrected chi connectivity index (χ3v) is 2.09. The molecule has 2 rings (SSSR count). The van der Waals surface area contributed by atoms with Crippen LogP contribution in [-0.2, 0) is 0 Å². The zero-order valence-corrected chi connectivity index (χ0v) is 8.67. The molecule has 0 aliphatic heterocycles. The highest BCUT2D eigenvalue weighted by Crippen LogP contribution is 2.16. The number of benzene rings is 1. The van der Waals surface area contributed by atoms with Gasteiger partial charge >= 0.3 is 0 Å². The average Bonchev–Trinajstić information content (AvgIpc) is 2.52. The van der Waals surface area contributed by atoms with Crippen molar-refractivity contribution in [3.05, 3.63) is 34.6 Å². The van der Waals surface area contributed by atoms with Crippen molar-refractivity contribution in [2.24, 2.45) is 0 Å². The summed E-state index contributed by atoms with van der Waals surface area (Å²) in [5, 5.41) is 6.79. The van der Waals surface area contributed by atoms with Gasteiger partial charge in [0, 0.05) is 5.56 Å². The van der Waals surface area contributed by atoms with Crippen molar-refractivity contribution < 1.29 is 0 Å². The van der Waals surface area contributed by atoms with Crippen LogP contribution in [-0.4, -0.2) is 15.2 Å². The van der Waals surface area contributed by atoms with E-state index in [4.69, 9.17) is 0 Å². The predicted molar refractivity (Wildman–Crippen MR) is 54.3 cm³/mol. The first-order valence-electron chi connectivity index (χ1n) is 3.90. The summed E-state index contributed by atoms with van der Waals surface area (Å²) < 4.78 is 0.656. The van der Waals surface area contributed by atoms with Gasteiger partial charge in [-0.1, -0.05) is 23.8 Å². The van der Waals surface area contributed by atoms with Gasteiger partial charge in [-0.2, -0.15) is 5.10 Å². The van der Waals surface area contributed by atoms with Crippen LogP contribution in [0.25, 0.3) is 11.4 Å². The highest BCUT2D eigenvalue weighted by Gasteiger charge is 2.02. The van der Waals surface area contributed by atoms with Crippen LogP contribution < -0.4 is 0 Å². The van der Waals surface area contributed by atoms with Crippen molar-refractivity contribution in [2.45, 2.75) is 6.92 Å². The second kappa shape index (κ2) is 3.30. The minimum Gasteiger partial charge on any atom is -0.253 e. The van der Waals surface area contributed by atoms with Crippen LogP contribution in [0.15, 0.2) is 29.0 Å². The lowest BCUT2D eigenvalue weighted by atomic mass is 10.1. The van der Waals surface area contributed by atoms with E-state index in [1.165, 1.54) is 5.56 Å². The highest BCUT2D eigenvalue weighted by atomic mass is 79.9. The molecule has 0 spiro atoms. The lowest BCUT2D eigenvalue weighted by Gasteiger charge is -1.95. The molecule has 0 aliphatic carbocycles. The minimum atomic E-state index is 0.656. The molecule has 0 fully saturated rings. The van der Waals surface area contributed by atoms with Crippen molar-refractivity contribution in [3.8, 4) is 11.4 Å². The fraction of sp³-hybridized carbons (Fsp3) is 0.111.